The van der Waals surface area contributed by atoms with Crippen LogP contribution >= 0.6 is 11.3 Å². The zero-order valence-electron chi connectivity index (χ0n) is 10.2. The summed E-state index contributed by atoms with van der Waals surface area (Å²) in [6.45, 7) is 7.08. The molecular formula is C11H20N2O2S. The molecule has 0 amide bonds. The number of nitrogens with one attached hydrogen (secondary N) is 1. The van der Waals surface area contributed by atoms with Gasteiger partial charge in [-0.1, -0.05) is 6.92 Å². The molecule has 0 fully saturated rings. The van der Waals surface area contributed by atoms with Gasteiger partial charge in [0.2, 0.25) is 0 Å². The van der Waals surface area contributed by atoms with Crippen LogP contribution in [0.2, 0.25) is 0 Å². The van der Waals surface area contributed by atoms with Crippen LogP contribution in [-0.4, -0.2) is 31.3 Å². The van der Waals surface area contributed by atoms with Gasteiger partial charge in [-0.15, -0.1) is 11.3 Å². The van der Waals surface area contributed by atoms with Crippen molar-refractivity contribution in [3.05, 3.63) is 16.1 Å². The van der Waals surface area contributed by atoms with Gasteiger partial charge in [-0.05, 0) is 13.5 Å². The van der Waals surface area contributed by atoms with Crippen molar-refractivity contribution in [2.24, 2.45) is 0 Å². The molecule has 0 aliphatic rings. The molecule has 0 saturated heterocycles. The lowest BCUT2D eigenvalue weighted by atomic mass is 10.4. The van der Waals surface area contributed by atoms with Crippen molar-refractivity contribution in [3.63, 3.8) is 0 Å². The summed E-state index contributed by atoms with van der Waals surface area (Å²) >= 11 is 1.67. The van der Waals surface area contributed by atoms with Gasteiger partial charge in [-0.3, -0.25) is 0 Å². The number of ether oxygens (including phenoxy) is 2. The first-order chi connectivity index (χ1) is 7.76. The van der Waals surface area contributed by atoms with Crippen molar-refractivity contribution >= 4 is 11.3 Å². The van der Waals surface area contributed by atoms with Crippen LogP contribution in [0.1, 0.15) is 24.5 Å². The molecule has 0 radical (unpaired) electrons. The number of thiazole rings is 1. The molecule has 0 bridgehead atoms. The minimum Gasteiger partial charge on any atom is -0.382 e. The van der Waals surface area contributed by atoms with E-state index in [-0.39, 0.29) is 6.10 Å². The molecule has 0 aliphatic heterocycles. The largest absolute Gasteiger partial charge is 0.382 e. The Morgan fingerprint density at radius 3 is 3.06 bits per heavy atom. The zero-order chi connectivity index (χ0) is 11.8. The maximum atomic E-state index is 5.58. The van der Waals surface area contributed by atoms with Crippen LogP contribution in [-0.2, 0) is 22.6 Å². The summed E-state index contributed by atoms with van der Waals surface area (Å²) in [5.74, 6) is 0. The van der Waals surface area contributed by atoms with Gasteiger partial charge in [-0.25, -0.2) is 4.98 Å². The first kappa shape index (κ1) is 13.6. The second-order valence-electron chi connectivity index (χ2n) is 3.59. The highest BCUT2D eigenvalue weighted by molar-refractivity contribution is 7.09. The number of aromatic nitrogens is 1. The molecule has 5 heteroatoms. The Morgan fingerprint density at radius 2 is 2.38 bits per heavy atom. The van der Waals surface area contributed by atoms with Gasteiger partial charge in [0.25, 0.3) is 0 Å². The molecule has 4 nitrogen and oxygen atoms in total. The highest BCUT2D eigenvalue weighted by atomic mass is 32.1. The highest BCUT2D eigenvalue weighted by Gasteiger charge is 2.05. The van der Waals surface area contributed by atoms with Crippen molar-refractivity contribution in [3.8, 4) is 0 Å². The first-order valence-corrected chi connectivity index (χ1v) is 6.38. The maximum absolute atomic E-state index is 5.58. The van der Waals surface area contributed by atoms with E-state index in [1.165, 1.54) is 0 Å². The van der Waals surface area contributed by atoms with E-state index in [0.29, 0.717) is 13.2 Å². The van der Waals surface area contributed by atoms with Crippen LogP contribution < -0.4 is 5.32 Å². The van der Waals surface area contributed by atoms with Crippen LogP contribution in [0, 0.1) is 0 Å². The molecule has 0 spiro atoms. The number of hydrogen-bond acceptors (Lipinski definition) is 5. The Bertz CT molecular complexity index is 291. The smallest absolute Gasteiger partial charge is 0.107 e. The molecular weight excluding hydrogens is 224 g/mol. The Kier molecular flexibility index (Phi) is 6.56. The third-order valence-electron chi connectivity index (χ3n) is 2.04. The molecule has 1 aromatic heterocycles. The number of methoxy groups -OCH3 is 1. The molecule has 1 atom stereocenters. The second kappa shape index (κ2) is 7.73. The molecule has 1 aromatic rings. The molecule has 0 aromatic carbocycles. The number of rotatable bonds is 8. The highest BCUT2D eigenvalue weighted by Crippen LogP contribution is 2.11. The molecule has 0 saturated carbocycles. The third kappa shape index (κ3) is 5.03. The molecule has 92 valence electrons. The average Bonchev–Trinajstić information content (AvgIpc) is 2.72. The van der Waals surface area contributed by atoms with Crippen LogP contribution in [0.4, 0.5) is 0 Å². The summed E-state index contributed by atoms with van der Waals surface area (Å²) in [6, 6.07) is 0. The van der Waals surface area contributed by atoms with Crippen molar-refractivity contribution < 1.29 is 9.47 Å². The van der Waals surface area contributed by atoms with Crippen LogP contribution in [0.5, 0.6) is 0 Å². The Labute approximate surface area is 101 Å². The minimum absolute atomic E-state index is 0.115. The Balaban J connectivity index is 2.28. The minimum atomic E-state index is 0.115. The van der Waals surface area contributed by atoms with Crippen LogP contribution in [0.25, 0.3) is 0 Å². The standard InChI is InChI=1S/C11H20N2O2S/c1-4-12-5-11-13-10(8-16-11)7-15-9(2)6-14-3/h8-9,12H,4-7H2,1-3H3. The van der Waals surface area contributed by atoms with E-state index in [9.17, 15) is 0 Å². The summed E-state index contributed by atoms with van der Waals surface area (Å²) in [4.78, 5) is 4.47. The summed E-state index contributed by atoms with van der Waals surface area (Å²) in [7, 11) is 1.68. The summed E-state index contributed by atoms with van der Waals surface area (Å²) in [5.41, 5.74) is 1.00. The van der Waals surface area contributed by atoms with E-state index in [2.05, 4.69) is 17.2 Å². The normalized spacial score (nSPS) is 12.9. The van der Waals surface area contributed by atoms with Crippen molar-refractivity contribution in [2.75, 3.05) is 20.3 Å². The quantitative estimate of drug-likeness (QED) is 0.757. The maximum Gasteiger partial charge on any atom is 0.107 e. The molecule has 16 heavy (non-hydrogen) atoms. The lowest BCUT2D eigenvalue weighted by molar-refractivity contribution is -0.00123. The number of hydrogen-bond donors (Lipinski definition) is 1. The van der Waals surface area contributed by atoms with Gasteiger partial charge in [0.05, 0.1) is 25.0 Å². The summed E-state index contributed by atoms with van der Waals surface area (Å²) < 4.78 is 10.6. The van der Waals surface area contributed by atoms with Gasteiger partial charge in [0, 0.05) is 19.0 Å². The fraction of sp³-hybridized carbons (Fsp3) is 0.727. The van der Waals surface area contributed by atoms with Gasteiger partial charge < -0.3 is 14.8 Å². The Hall–Kier alpha value is -0.490. The fourth-order valence-electron chi connectivity index (χ4n) is 1.24. The topological polar surface area (TPSA) is 43.4 Å². The van der Waals surface area contributed by atoms with Crippen molar-refractivity contribution in [2.45, 2.75) is 33.1 Å². The van der Waals surface area contributed by atoms with Gasteiger partial charge >= 0.3 is 0 Å². The van der Waals surface area contributed by atoms with Crippen molar-refractivity contribution in [1.29, 1.82) is 0 Å². The lowest BCUT2D eigenvalue weighted by Gasteiger charge is -2.10. The van der Waals surface area contributed by atoms with E-state index in [0.717, 1.165) is 23.8 Å². The monoisotopic (exact) mass is 244 g/mol. The average molecular weight is 244 g/mol. The van der Waals surface area contributed by atoms with E-state index >= 15 is 0 Å². The van der Waals surface area contributed by atoms with Gasteiger partial charge in [0.1, 0.15) is 5.01 Å². The summed E-state index contributed by atoms with van der Waals surface area (Å²) in [6.07, 6.45) is 0.115. The van der Waals surface area contributed by atoms with Crippen LogP contribution in [0.15, 0.2) is 5.38 Å². The van der Waals surface area contributed by atoms with E-state index in [1.807, 2.05) is 12.3 Å². The molecule has 1 heterocycles. The summed E-state index contributed by atoms with van der Waals surface area (Å²) in [5, 5.41) is 6.41. The Morgan fingerprint density at radius 1 is 1.56 bits per heavy atom. The van der Waals surface area contributed by atoms with Crippen molar-refractivity contribution in [1.82, 2.24) is 10.3 Å². The predicted octanol–water partition coefficient (Wildman–Crippen LogP) is 1.80. The van der Waals surface area contributed by atoms with Crippen LogP contribution in [0.3, 0.4) is 0 Å². The van der Waals surface area contributed by atoms with E-state index in [1.54, 1.807) is 18.4 Å². The first-order valence-electron chi connectivity index (χ1n) is 5.50. The third-order valence-corrected chi connectivity index (χ3v) is 2.94. The van der Waals surface area contributed by atoms with E-state index in [4.69, 9.17) is 9.47 Å². The van der Waals surface area contributed by atoms with Gasteiger partial charge in [-0.2, -0.15) is 0 Å². The molecule has 1 unspecified atom stereocenters. The SMILES string of the molecule is CCNCc1nc(COC(C)COC)cs1. The molecule has 1 N–H and O–H groups in total. The fourth-order valence-corrected chi connectivity index (χ4v) is 1.99. The predicted molar refractivity (Wildman–Crippen MR) is 65.6 cm³/mol. The van der Waals surface area contributed by atoms with E-state index < -0.39 is 0 Å². The number of nitrogens with zero attached hydrogens (tertiary/aromatic N) is 1. The molecule has 1 rings (SSSR count). The zero-order valence-corrected chi connectivity index (χ0v) is 11.0. The second-order valence-corrected chi connectivity index (χ2v) is 4.53. The molecule has 0 aliphatic carbocycles. The lowest BCUT2D eigenvalue weighted by Crippen LogP contribution is -2.15. The van der Waals surface area contributed by atoms with Gasteiger partial charge in [0.15, 0.2) is 0 Å².